The summed E-state index contributed by atoms with van der Waals surface area (Å²) in [5.74, 6) is -0.104. The van der Waals surface area contributed by atoms with E-state index in [0.717, 1.165) is 16.5 Å². The molecule has 114 valence electrons. The van der Waals surface area contributed by atoms with Gasteiger partial charge in [0.25, 0.3) is 5.91 Å². The molecule has 0 bridgehead atoms. The number of nitrogens with zero attached hydrogens (tertiary/aromatic N) is 2. The van der Waals surface area contributed by atoms with Gasteiger partial charge in [-0.05, 0) is 56.0 Å². The summed E-state index contributed by atoms with van der Waals surface area (Å²) < 4.78 is 1.73. The minimum absolute atomic E-state index is 0.0673. The Kier molecular flexibility index (Phi) is 3.71. The predicted octanol–water partition coefficient (Wildman–Crippen LogP) is 3.44. The van der Waals surface area contributed by atoms with Gasteiger partial charge in [0.05, 0.1) is 6.04 Å². The van der Waals surface area contributed by atoms with E-state index in [1.807, 2.05) is 45.2 Å². The minimum atomic E-state index is -0.104. The van der Waals surface area contributed by atoms with Gasteiger partial charge in [0.2, 0.25) is 0 Å². The van der Waals surface area contributed by atoms with E-state index in [4.69, 9.17) is 0 Å². The van der Waals surface area contributed by atoms with E-state index >= 15 is 0 Å². The largest absolute Gasteiger partial charge is 0.361 e. The van der Waals surface area contributed by atoms with Gasteiger partial charge in [-0.1, -0.05) is 6.07 Å². The minimum Gasteiger partial charge on any atom is -0.361 e. The van der Waals surface area contributed by atoms with Gasteiger partial charge in [-0.25, -0.2) is 0 Å². The molecule has 0 fully saturated rings. The number of nitrogens with one attached hydrogen (secondary N) is 2. The Bertz CT molecular complexity index is 800. The third-order valence-corrected chi connectivity index (χ3v) is 3.82. The zero-order valence-corrected chi connectivity index (χ0v) is 13.0. The van der Waals surface area contributed by atoms with Crippen molar-refractivity contribution in [3.8, 4) is 0 Å². The van der Waals surface area contributed by atoms with Crippen molar-refractivity contribution in [2.45, 2.75) is 32.9 Å². The Morgan fingerprint density at radius 2 is 2.05 bits per heavy atom. The molecular weight excluding hydrogens is 276 g/mol. The summed E-state index contributed by atoms with van der Waals surface area (Å²) in [7, 11) is 0. The molecule has 22 heavy (non-hydrogen) atoms. The van der Waals surface area contributed by atoms with E-state index in [9.17, 15) is 4.79 Å². The van der Waals surface area contributed by atoms with Crippen LogP contribution in [0.25, 0.3) is 10.9 Å². The maximum Gasteiger partial charge on any atom is 0.270 e. The Morgan fingerprint density at radius 3 is 2.82 bits per heavy atom. The molecule has 1 unspecified atom stereocenters. The summed E-state index contributed by atoms with van der Waals surface area (Å²) in [6.07, 6.45) is 3.57. The van der Waals surface area contributed by atoms with Crippen LogP contribution >= 0.6 is 0 Å². The van der Waals surface area contributed by atoms with Crippen molar-refractivity contribution >= 4 is 16.8 Å². The number of H-pyrrole nitrogens is 1. The van der Waals surface area contributed by atoms with Crippen LogP contribution in [0, 0.1) is 0 Å². The summed E-state index contributed by atoms with van der Waals surface area (Å²) >= 11 is 0. The van der Waals surface area contributed by atoms with E-state index < -0.39 is 0 Å². The molecule has 2 heterocycles. The van der Waals surface area contributed by atoms with E-state index in [2.05, 4.69) is 21.5 Å². The normalized spacial score (nSPS) is 12.7. The van der Waals surface area contributed by atoms with Crippen LogP contribution in [0.1, 0.15) is 48.9 Å². The standard InChI is InChI=1S/C17H20N4O/c1-11(2)21-16(7-9-19-21)17(22)20-12(3)13-4-5-15-14(10-13)6-8-18-15/h4-12,18H,1-3H3,(H,20,22). The van der Waals surface area contributed by atoms with Gasteiger partial charge in [0.15, 0.2) is 0 Å². The first kappa shape index (κ1) is 14.4. The van der Waals surface area contributed by atoms with Crippen LogP contribution in [0.5, 0.6) is 0 Å². The van der Waals surface area contributed by atoms with Crippen LogP contribution in [-0.4, -0.2) is 20.7 Å². The second-order valence-electron chi connectivity index (χ2n) is 5.77. The number of amides is 1. The summed E-state index contributed by atoms with van der Waals surface area (Å²) in [6.45, 7) is 6.00. The quantitative estimate of drug-likeness (QED) is 0.774. The number of hydrogen-bond acceptors (Lipinski definition) is 2. The van der Waals surface area contributed by atoms with E-state index in [1.54, 1.807) is 16.9 Å². The molecule has 2 aromatic heterocycles. The summed E-state index contributed by atoms with van der Waals surface area (Å²) in [4.78, 5) is 15.6. The highest BCUT2D eigenvalue weighted by molar-refractivity contribution is 5.93. The molecule has 5 nitrogen and oxygen atoms in total. The van der Waals surface area contributed by atoms with Crippen LogP contribution in [-0.2, 0) is 0 Å². The lowest BCUT2D eigenvalue weighted by Gasteiger charge is -2.16. The molecule has 0 aliphatic rings. The van der Waals surface area contributed by atoms with Crippen molar-refractivity contribution < 1.29 is 4.79 Å². The molecule has 0 saturated carbocycles. The van der Waals surface area contributed by atoms with Crippen molar-refractivity contribution in [1.82, 2.24) is 20.1 Å². The highest BCUT2D eigenvalue weighted by atomic mass is 16.2. The molecule has 0 radical (unpaired) electrons. The monoisotopic (exact) mass is 296 g/mol. The molecule has 1 atom stereocenters. The fourth-order valence-electron chi connectivity index (χ4n) is 2.60. The van der Waals surface area contributed by atoms with Crippen molar-refractivity contribution in [3.63, 3.8) is 0 Å². The number of aromatic nitrogens is 3. The molecule has 0 saturated heterocycles. The molecule has 3 aromatic rings. The Morgan fingerprint density at radius 1 is 1.23 bits per heavy atom. The zero-order valence-electron chi connectivity index (χ0n) is 13.0. The third-order valence-electron chi connectivity index (χ3n) is 3.82. The van der Waals surface area contributed by atoms with Gasteiger partial charge in [0.1, 0.15) is 5.69 Å². The van der Waals surface area contributed by atoms with Gasteiger partial charge < -0.3 is 10.3 Å². The first-order valence-electron chi connectivity index (χ1n) is 7.47. The van der Waals surface area contributed by atoms with Crippen molar-refractivity contribution in [2.75, 3.05) is 0 Å². The van der Waals surface area contributed by atoms with E-state index in [1.165, 1.54) is 0 Å². The maximum atomic E-state index is 12.5. The lowest BCUT2D eigenvalue weighted by molar-refractivity contribution is 0.0927. The average molecular weight is 296 g/mol. The van der Waals surface area contributed by atoms with Gasteiger partial charge in [-0.3, -0.25) is 9.48 Å². The highest BCUT2D eigenvalue weighted by Crippen LogP contribution is 2.20. The molecule has 1 aromatic carbocycles. The van der Waals surface area contributed by atoms with E-state index in [-0.39, 0.29) is 18.0 Å². The molecule has 2 N–H and O–H groups in total. The molecule has 5 heteroatoms. The number of benzene rings is 1. The third kappa shape index (κ3) is 2.62. The number of fused-ring (bicyclic) bond motifs is 1. The number of carbonyl (C=O) groups excluding carboxylic acids is 1. The first-order valence-corrected chi connectivity index (χ1v) is 7.47. The van der Waals surface area contributed by atoms with Crippen molar-refractivity contribution in [1.29, 1.82) is 0 Å². The molecule has 0 aliphatic carbocycles. The number of carbonyl (C=O) groups is 1. The predicted molar refractivity (Wildman–Crippen MR) is 86.8 cm³/mol. The summed E-state index contributed by atoms with van der Waals surface area (Å²) in [6, 6.07) is 10.0. The SMILES string of the molecule is CC(NC(=O)c1ccnn1C(C)C)c1ccc2[nH]ccc2c1. The van der Waals surface area contributed by atoms with Crippen LogP contribution in [0.4, 0.5) is 0 Å². The Hall–Kier alpha value is -2.56. The summed E-state index contributed by atoms with van der Waals surface area (Å²) in [5.41, 5.74) is 2.76. The van der Waals surface area contributed by atoms with E-state index in [0.29, 0.717) is 5.69 Å². The Balaban J connectivity index is 1.79. The molecular formula is C17H20N4O. The second-order valence-corrected chi connectivity index (χ2v) is 5.77. The number of hydrogen-bond donors (Lipinski definition) is 2. The smallest absolute Gasteiger partial charge is 0.270 e. The summed E-state index contributed by atoms with van der Waals surface area (Å²) in [5, 5.41) is 8.39. The fraction of sp³-hybridized carbons (Fsp3) is 0.294. The maximum absolute atomic E-state index is 12.5. The van der Waals surface area contributed by atoms with Crippen LogP contribution in [0.3, 0.4) is 0 Å². The average Bonchev–Trinajstić information content (AvgIpc) is 3.15. The van der Waals surface area contributed by atoms with Gasteiger partial charge >= 0.3 is 0 Å². The fourth-order valence-corrected chi connectivity index (χ4v) is 2.60. The van der Waals surface area contributed by atoms with Crippen LogP contribution < -0.4 is 5.32 Å². The van der Waals surface area contributed by atoms with Crippen LogP contribution in [0.2, 0.25) is 0 Å². The highest BCUT2D eigenvalue weighted by Gasteiger charge is 2.17. The molecule has 0 aliphatic heterocycles. The molecule has 3 rings (SSSR count). The lowest BCUT2D eigenvalue weighted by Crippen LogP contribution is -2.29. The van der Waals surface area contributed by atoms with Gasteiger partial charge in [-0.2, -0.15) is 5.10 Å². The zero-order chi connectivity index (χ0) is 15.7. The van der Waals surface area contributed by atoms with Gasteiger partial charge in [0, 0.05) is 24.0 Å². The van der Waals surface area contributed by atoms with Crippen molar-refractivity contribution in [2.24, 2.45) is 0 Å². The number of aromatic amines is 1. The molecule has 1 amide bonds. The lowest BCUT2D eigenvalue weighted by atomic mass is 10.1. The topological polar surface area (TPSA) is 62.7 Å². The second kappa shape index (κ2) is 5.67. The molecule has 0 spiro atoms. The Labute approximate surface area is 129 Å². The van der Waals surface area contributed by atoms with Crippen molar-refractivity contribution in [3.05, 3.63) is 54.0 Å². The number of rotatable bonds is 4. The first-order chi connectivity index (χ1) is 10.6. The van der Waals surface area contributed by atoms with Crippen LogP contribution in [0.15, 0.2) is 42.7 Å². The van der Waals surface area contributed by atoms with Gasteiger partial charge in [-0.15, -0.1) is 0 Å².